The van der Waals surface area contributed by atoms with E-state index in [9.17, 15) is 14.9 Å². The Bertz CT molecular complexity index is 816. The maximum Gasteiger partial charge on any atom is 0.311 e. The van der Waals surface area contributed by atoms with Crippen LogP contribution in [0.4, 0.5) is 11.5 Å². The number of nitrogens with zero attached hydrogens (tertiary/aromatic N) is 2. The molecule has 142 valence electrons. The highest BCUT2D eigenvalue weighted by atomic mass is 16.6. The van der Waals surface area contributed by atoms with Crippen LogP contribution in [0, 0.1) is 17.0 Å². The summed E-state index contributed by atoms with van der Waals surface area (Å²) in [5, 5.41) is 17.4. The van der Waals surface area contributed by atoms with Crippen LogP contribution in [-0.2, 0) is 11.2 Å². The van der Waals surface area contributed by atoms with E-state index in [2.05, 4.69) is 15.6 Å². The van der Waals surface area contributed by atoms with Crippen molar-refractivity contribution in [2.75, 3.05) is 5.32 Å². The Kier molecular flexibility index (Phi) is 6.01. The van der Waals surface area contributed by atoms with Gasteiger partial charge in [0.15, 0.2) is 0 Å². The van der Waals surface area contributed by atoms with Crippen molar-refractivity contribution in [3.63, 3.8) is 0 Å². The lowest BCUT2D eigenvalue weighted by atomic mass is 9.91. The van der Waals surface area contributed by atoms with Crippen LogP contribution in [-0.4, -0.2) is 27.9 Å². The Balaban J connectivity index is 1.48. The number of amides is 1. The molecule has 1 saturated carbocycles. The fourth-order valence-corrected chi connectivity index (χ4v) is 3.52. The summed E-state index contributed by atoms with van der Waals surface area (Å²) in [4.78, 5) is 27.0. The van der Waals surface area contributed by atoms with Gasteiger partial charge in [0.2, 0.25) is 11.7 Å². The van der Waals surface area contributed by atoms with Gasteiger partial charge in [-0.1, -0.05) is 29.8 Å². The molecule has 0 spiro atoms. The lowest BCUT2D eigenvalue weighted by molar-refractivity contribution is -0.384. The molecule has 0 unspecified atom stereocenters. The van der Waals surface area contributed by atoms with Crippen LogP contribution in [0.5, 0.6) is 0 Å². The predicted molar refractivity (Wildman–Crippen MR) is 104 cm³/mol. The number of carbonyl (C=O) groups excluding carboxylic acids is 1. The van der Waals surface area contributed by atoms with Crippen molar-refractivity contribution >= 4 is 17.4 Å². The highest BCUT2D eigenvalue weighted by Gasteiger charge is 2.24. The number of rotatable bonds is 6. The van der Waals surface area contributed by atoms with E-state index in [4.69, 9.17) is 0 Å². The zero-order valence-electron chi connectivity index (χ0n) is 15.4. The second-order valence-corrected chi connectivity index (χ2v) is 7.05. The lowest BCUT2D eigenvalue weighted by Gasteiger charge is -2.29. The minimum absolute atomic E-state index is 0.00826. The van der Waals surface area contributed by atoms with Crippen molar-refractivity contribution in [3.8, 4) is 0 Å². The van der Waals surface area contributed by atoms with Gasteiger partial charge in [-0.05, 0) is 44.2 Å². The number of aryl methyl sites for hydroxylation is 1. The summed E-state index contributed by atoms with van der Waals surface area (Å²) in [5.41, 5.74) is 2.16. The van der Waals surface area contributed by atoms with Gasteiger partial charge < -0.3 is 10.6 Å². The van der Waals surface area contributed by atoms with Crippen LogP contribution in [0.1, 0.15) is 36.8 Å². The van der Waals surface area contributed by atoms with E-state index in [1.54, 1.807) is 12.3 Å². The van der Waals surface area contributed by atoms with Gasteiger partial charge in [0.25, 0.3) is 0 Å². The van der Waals surface area contributed by atoms with Crippen LogP contribution in [0.15, 0.2) is 42.6 Å². The average molecular weight is 368 g/mol. The van der Waals surface area contributed by atoms with E-state index in [0.717, 1.165) is 36.8 Å². The third-order valence-electron chi connectivity index (χ3n) is 4.86. The van der Waals surface area contributed by atoms with Crippen molar-refractivity contribution < 1.29 is 9.72 Å². The number of pyridine rings is 1. The van der Waals surface area contributed by atoms with Gasteiger partial charge in [-0.15, -0.1) is 0 Å². The monoisotopic (exact) mass is 368 g/mol. The number of anilines is 1. The van der Waals surface area contributed by atoms with Crippen molar-refractivity contribution in [2.45, 2.75) is 51.1 Å². The number of nitro groups is 1. The SMILES string of the molecule is Cc1cccc(CC(=O)NC2CCC(Nc3ncccc3[N+](=O)[O-])CC2)c1. The highest BCUT2D eigenvalue weighted by Crippen LogP contribution is 2.26. The lowest BCUT2D eigenvalue weighted by Crippen LogP contribution is -2.40. The third kappa shape index (κ3) is 5.26. The number of carbonyl (C=O) groups is 1. The molecule has 7 heteroatoms. The maximum absolute atomic E-state index is 12.3. The molecule has 0 atom stereocenters. The van der Waals surface area contributed by atoms with Crippen molar-refractivity contribution in [1.29, 1.82) is 0 Å². The molecule has 1 amide bonds. The molecule has 1 aliphatic rings. The van der Waals surface area contributed by atoms with E-state index >= 15 is 0 Å². The number of hydrogen-bond donors (Lipinski definition) is 2. The summed E-state index contributed by atoms with van der Waals surface area (Å²) >= 11 is 0. The molecule has 0 bridgehead atoms. The van der Waals surface area contributed by atoms with Crippen LogP contribution < -0.4 is 10.6 Å². The molecule has 0 aliphatic heterocycles. The molecule has 0 saturated heterocycles. The fourth-order valence-electron chi connectivity index (χ4n) is 3.52. The van der Waals surface area contributed by atoms with E-state index in [1.807, 2.05) is 31.2 Å². The van der Waals surface area contributed by atoms with Crippen LogP contribution in [0.3, 0.4) is 0 Å². The van der Waals surface area contributed by atoms with Gasteiger partial charge in [0.1, 0.15) is 0 Å². The van der Waals surface area contributed by atoms with Gasteiger partial charge in [-0.3, -0.25) is 14.9 Å². The molecule has 0 radical (unpaired) electrons. The second kappa shape index (κ2) is 8.62. The molecule has 1 fully saturated rings. The molecule has 27 heavy (non-hydrogen) atoms. The predicted octanol–water partition coefficient (Wildman–Crippen LogP) is 3.38. The normalized spacial score (nSPS) is 19.3. The average Bonchev–Trinajstić information content (AvgIpc) is 2.63. The molecule has 1 heterocycles. The number of benzene rings is 1. The minimum atomic E-state index is -0.424. The summed E-state index contributed by atoms with van der Waals surface area (Å²) in [7, 11) is 0. The third-order valence-corrected chi connectivity index (χ3v) is 4.86. The standard InChI is InChI=1S/C20H24N4O3/c1-14-4-2-5-15(12-14)13-19(25)22-16-7-9-17(10-8-16)23-20-18(24(26)27)6-3-11-21-20/h2-6,11-12,16-17H,7-10,13H2,1H3,(H,21,23)(H,22,25). The van der Waals surface area contributed by atoms with E-state index in [1.165, 1.54) is 6.07 Å². The Morgan fingerprint density at radius 1 is 1.19 bits per heavy atom. The first-order chi connectivity index (χ1) is 13.0. The minimum Gasteiger partial charge on any atom is -0.362 e. The van der Waals surface area contributed by atoms with E-state index in [0.29, 0.717) is 12.2 Å². The second-order valence-electron chi connectivity index (χ2n) is 7.05. The molecule has 7 nitrogen and oxygen atoms in total. The Labute approximate surface area is 158 Å². The van der Waals surface area contributed by atoms with Crippen LogP contribution >= 0.6 is 0 Å². The Morgan fingerprint density at radius 3 is 2.63 bits per heavy atom. The molecular weight excluding hydrogens is 344 g/mol. The maximum atomic E-state index is 12.3. The quantitative estimate of drug-likeness (QED) is 0.602. The fraction of sp³-hybridized carbons (Fsp3) is 0.400. The van der Waals surface area contributed by atoms with Crippen molar-refractivity contribution in [3.05, 3.63) is 63.8 Å². The molecule has 1 aromatic carbocycles. The molecule has 2 aromatic rings. The summed E-state index contributed by atoms with van der Waals surface area (Å²) in [6.45, 7) is 2.02. The summed E-state index contributed by atoms with van der Waals surface area (Å²) in [6.07, 6.45) is 5.30. The van der Waals surface area contributed by atoms with E-state index < -0.39 is 4.92 Å². The first-order valence-electron chi connectivity index (χ1n) is 9.22. The van der Waals surface area contributed by atoms with Gasteiger partial charge in [0, 0.05) is 24.3 Å². The summed E-state index contributed by atoms with van der Waals surface area (Å²) < 4.78 is 0. The Hall–Kier alpha value is -2.96. The Morgan fingerprint density at radius 2 is 1.93 bits per heavy atom. The zero-order valence-corrected chi connectivity index (χ0v) is 15.4. The van der Waals surface area contributed by atoms with E-state index in [-0.39, 0.29) is 23.7 Å². The number of hydrogen-bond acceptors (Lipinski definition) is 5. The smallest absolute Gasteiger partial charge is 0.311 e. The molecule has 1 aromatic heterocycles. The number of aromatic nitrogens is 1. The molecule has 2 N–H and O–H groups in total. The van der Waals surface area contributed by atoms with Gasteiger partial charge >= 0.3 is 5.69 Å². The summed E-state index contributed by atoms with van der Waals surface area (Å²) in [6, 6.07) is 11.3. The molecule has 3 rings (SSSR count). The first kappa shape index (κ1) is 18.8. The van der Waals surface area contributed by atoms with Gasteiger partial charge in [-0.2, -0.15) is 0 Å². The van der Waals surface area contributed by atoms with Crippen LogP contribution in [0.25, 0.3) is 0 Å². The summed E-state index contributed by atoms with van der Waals surface area (Å²) in [5.74, 6) is 0.354. The van der Waals surface area contributed by atoms with Crippen LogP contribution in [0.2, 0.25) is 0 Å². The molecule has 1 aliphatic carbocycles. The highest BCUT2D eigenvalue weighted by molar-refractivity contribution is 5.78. The zero-order chi connectivity index (χ0) is 19.2. The topological polar surface area (TPSA) is 97.2 Å². The largest absolute Gasteiger partial charge is 0.362 e. The van der Waals surface area contributed by atoms with Crippen molar-refractivity contribution in [1.82, 2.24) is 10.3 Å². The molecular formula is C20H24N4O3. The first-order valence-corrected chi connectivity index (χ1v) is 9.22. The van der Waals surface area contributed by atoms with Gasteiger partial charge in [0.05, 0.1) is 11.3 Å². The number of nitrogens with one attached hydrogen (secondary N) is 2. The van der Waals surface area contributed by atoms with Crippen molar-refractivity contribution in [2.24, 2.45) is 0 Å². The van der Waals surface area contributed by atoms with Gasteiger partial charge in [-0.25, -0.2) is 4.98 Å².